The number of nitrogen functional groups attached to an aromatic ring is 1. The Morgan fingerprint density at radius 1 is 0.907 bits per heavy atom. The summed E-state index contributed by atoms with van der Waals surface area (Å²) in [7, 11) is 0. The molecule has 0 aromatic heterocycles. The van der Waals surface area contributed by atoms with Gasteiger partial charge in [-0.1, -0.05) is 77.3 Å². The van der Waals surface area contributed by atoms with Crippen LogP contribution in [0, 0.1) is 45.3 Å². The Bertz CT molecular complexity index is 1930. The van der Waals surface area contributed by atoms with Gasteiger partial charge in [-0.2, -0.15) is 0 Å². The van der Waals surface area contributed by atoms with Gasteiger partial charge in [0.05, 0.1) is 17.1 Å². The number of Topliss-reactive ketones (excluding diaryl/α,β-unsaturated/α-hetero) is 2. The molecule has 6 aliphatic carbocycles. The van der Waals surface area contributed by atoms with Crippen molar-refractivity contribution in [3.05, 3.63) is 70.8 Å². The number of aliphatic hydroxyl groups is 1. The monoisotopic (exact) mass is 733 g/mol. The number of epoxide rings is 1. The number of fused-ring (bicyclic) bond motifs is 1. The van der Waals surface area contributed by atoms with Gasteiger partial charge in [-0.05, 0) is 153 Å². The van der Waals surface area contributed by atoms with Crippen molar-refractivity contribution in [1.82, 2.24) is 0 Å². The number of hydrogen-bond acceptors (Lipinski definition) is 6. The first-order chi connectivity index (χ1) is 25.5. The molecule has 12 atom stereocenters. The standard InChI is InChI=1S/C48H63NO5/c1-28(23-36(51)41-46(6,54-41)34-16-9-15-33(34)29-11-7-13-31(49)24-29)40-35-17-18-39-44(4)27-47(30-12-8-14-32(50)25-30)20-10-21-48(35,26-37(40)52)45(39,5)22-19-38(44)43(2,3)42(47)53/h7-8,11-14,24-25,28,33-34,36,38-39,41,50-51H,9-10,15-23,26-27,49H2,1-6H3. The Kier molecular flexibility index (Phi) is 8.16. The van der Waals surface area contributed by atoms with E-state index >= 15 is 4.79 Å². The molecule has 5 saturated carbocycles. The second-order valence-corrected chi connectivity index (χ2v) is 20.6. The Morgan fingerprint density at radius 3 is 2.44 bits per heavy atom. The van der Waals surface area contributed by atoms with E-state index in [1.807, 2.05) is 24.3 Å². The van der Waals surface area contributed by atoms with E-state index in [-0.39, 0.29) is 51.3 Å². The molecule has 6 nitrogen and oxygen atoms in total. The van der Waals surface area contributed by atoms with Crippen molar-refractivity contribution < 1.29 is 24.5 Å². The molecule has 5 bridgehead atoms. The van der Waals surface area contributed by atoms with E-state index in [1.165, 1.54) is 11.1 Å². The number of anilines is 1. The number of nitrogens with two attached hydrogens (primary N) is 1. The molecule has 54 heavy (non-hydrogen) atoms. The zero-order valence-electron chi connectivity index (χ0n) is 33.5. The van der Waals surface area contributed by atoms with E-state index < -0.39 is 16.9 Å². The van der Waals surface area contributed by atoms with Crippen LogP contribution >= 0.6 is 0 Å². The average Bonchev–Trinajstić information content (AvgIpc) is 3.41. The maximum Gasteiger partial charge on any atom is 0.160 e. The highest BCUT2D eigenvalue weighted by molar-refractivity contribution is 6.01. The maximum atomic E-state index is 15.0. The first-order valence-electron chi connectivity index (χ1n) is 21.3. The van der Waals surface area contributed by atoms with Gasteiger partial charge in [-0.15, -0.1) is 0 Å². The van der Waals surface area contributed by atoms with Gasteiger partial charge < -0.3 is 20.7 Å². The van der Waals surface area contributed by atoms with Gasteiger partial charge >= 0.3 is 0 Å². The highest BCUT2D eigenvalue weighted by Gasteiger charge is 2.73. The Hall–Kier alpha value is -2.96. The number of ketones is 2. The van der Waals surface area contributed by atoms with Crippen LogP contribution in [0.5, 0.6) is 5.75 Å². The molecule has 290 valence electrons. The number of carbonyl (C=O) groups excluding carboxylic acids is 2. The Balaban J connectivity index is 1.03. The van der Waals surface area contributed by atoms with E-state index in [0.717, 1.165) is 87.5 Å². The quantitative estimate of drug-likeness (QED) is 0.193. The third kappa shape index (κ3) is 4.83. The van der Waals surface area contributed by atoms with Crippen molar-refractivity contribution in [3.63, 3.8) is 0 Å². The minimum absolute atomic E-state index is 0.0521. The van der Waals surface area contributed by atoms with E-state index in [0.29, 0.717) is 36.4 Å². The molecule has 12 unspecified atom stereocenters. The number of carbonyl (C=O) groups is 2. The van der Waals surface area contributed by atoms with Crippen LogP contribution in [-0.4, -0.2) is 39.6 Å². The number of phenols is 1. The van der Waals surface area contributed by atoms with Crippen LogP contribution in [0.4, 0.5) is 5.69 Å². The second kappa shape index (κ2) is 12.0. The minimum atomic E-state index is -0.658. The molecule has 1 aliphatic heterocycles. The first kappa shape index (κ1) is 36.7. The molecular formula is C48H63NO5. The van der Waals surface area contributed by atoms with Crippen LogP contribution in [0.2, 0.25) is 0 Å². The molecule has 6 fully saturated rings. The summed E-state index contributed by atoms with van der Waals surface area (Å²) in [5.74, 6) is 2.17. The first-order valence-corrected chi connectivity index (χ1v) is 21.3. The Morgan fingerprint density at radius 2 is 1.69 bits per heavy atom. The summed E-state index contributed by atoms with van der Waals surface area (Å²) in [6.07, 6.45) is 10.9. The van der Waals surface area contributed by atoms with Crippen LogP contribution in [0.25, 0.3) is 0 Å². The van der Waals surface area contributed by atoms with Gasteiger partial charge in [-0.3, -0.25) is 9.59 Å². The van der Waals surface area contributed by atoms with E-state index in [1.54, 1.807) is 6.07 Å². The molecule has 0 radical (unpaired) electrons. The normalized spacial score (nSPS) is 43.3. The second-order valence-electron chi connectivity index (χ2n) is 20.6. The van der Waals surface area contributed by atoms with Gasteiger partial charge in [0.15, 0.2) is 5.78 Å². The predicted octanol–water partition coefficient (Wildman–Crippen LogP) is 9.61. The van der Waals surface area contributed by atoms with Crippen LogP contribution in [-0.2, 0) is 19.7 Å². The topological polar surface area (TPSA) is 113 Å². The lowest BCUT2D eigenvalue weighted by molar-refractivity contribution is -0.191. The molecule has 1 saturated heterocycles. The zero-order chi connectivity index (χ0) is 38.2. The molecule has 9 rings (SSSR count). The summed E-state index contributed by atoms with van der Waals surface area (Å²) in [4.78, 5) is 29.6. The van der Waals surface area contributed by atoms with E-state index in [4.69, 9.17) is 10.5 Å². The van der Waals surface area contributed by atoms with Crippen molar-refractivity contribution in [2.24, 2.45) is 45.3 Å². The molecule has 1 heterocycles. The highest BCUT2D eigenvalue weighted by atomic mass is 16.6. The molecule has 6 heteroatoms. The third-order valence-corrected chi connectivity index (χ3v) is 17.9. The maximum absolute atomic E-state index is 15.0. The highest BCUT2D eigenvalue weighted by Crippen LogP contribution is 2.77. The summed E-state index contributed by atoms with van der Waals surface area (Å²) in [5.41, 5.74) is 9.73. The van der Waals surface area contributed by atoms with Crippen molar-refractivity contribution in [2.45, 2.75) is 154 Å². The summed E-state index contributed by atoms with van der Waals surface area (Å²) < 4.78 is 6.50. The number of benzene rings is 2. The molecule has 1 spiro atoms. The van der Waals surface area contributed by atoms with Gasteiger partial charge in [0, 0.05) is 22.9 Å². The van der Waals surface area contributed by atoms with Crippen LogP contribution in [0.15, 0.2) is 59.7 Å². The largest absolute Gasteiger partial charge is 0.508 e. The fraction of sp³-hybridized carbons (Fsp3) is 0.667. The number of aliphatic hydroxyl groups excluding tert-OH is 1. The molecule has 7 aliphatic rings. The average molecular weight is 734 g/mol. The number of phenolic OH excluding ortho intramolecular Hbond substituents is 1. The van der Waals surface area contributed by atoms with Crippen molar-refractivity contribution >= 4 is 17.3 Å². The van der Waals surface area contributed by atoms with Crippen molar-refractivity contribution in [2.75, 3.05) is 5.73 Å². The van der Waals surface area contributed by atoms with Gasteiger partial charge in [-0.25, -0.2) is 0 Å². The van der Waals surface area contributed by atoms with E-state index in [9.17, 15) is 15.0 Å². The molecule has 2 aromatic rings. The Labute approximate surface area is 322 Å². The SMILES string of the molecule is CC(CC(O)C1OC1(C)C1CCCC1c1cccc(N)c1)C1=C2CCC3C4(C)CC5(c6cccc(O)c6)CCCC2(CC1=O)C3(C)CCC4C(C)(C)C5=O. The van der Waals surface area contributed by atoms with Crippen molar-refractivity contribution in [3.8, 4) is 5.75 Å². The van der Waals surface area contributed by atoms with Crippen LogP contribution in [0.1, 0.15) is 142 Å². The number of hydrogen-bond donors (Lipinski definition) is 3. The third-order valence-electron chi connectivity index (χ3n) is 17.9. The smallest absolute Gasteiger partial charge is 0.160 e. The minimum Gasteiger partial charge on any atom is -0.508 e. The molecule has 2 aromatic carbocycles. The summed E-state index contributed by atoms with van der Waals surface area (Å²) >= 11 is 0. The number of allylic oxidation sites excluding steroid dienone is 2. The van der Waals surface area contributed by atoms with Gasteiger partial charge in [0.2, 0.25) is 0 Å². The lowest BCUT2D eigenvalue weighted by Crippen LogP contribution is -2.66. The fourth-order valence-corrected chi connectivity index (χ4v) is 15.8. The molecular weight excluding hydrogens is 671 g/mol. The predicted molar refractivity (Wildman–Crippen MR) is 212 cm³/mol. The summed E-state index contributed by atoms with van der Waals surface area (Å²) in [5, 5.41) is 22.6. The number of aromatic hydroxyl groups is 1. The fourth-order valence-electron chi connectivity index (χ4n) is 15.8. The van der Waals surface area contributed by atoms with Gasteiger partial charge in [0.25, 0.3) is 0 Å². The molecule has 4 N–H and O–H groups in total. The number of rotatable bonds is 7. The lowest BCUT2D eigenvalue weighted by Gasteiger charge is -2.69. The van der Waals surface area contributed by atoms with Crippen molar-refractivity contribution in [1.29, 1.82) is 0 Å². The van der Waals surface area contributed by atoms with E-state index in [2.05, 4.69) is 59.7 Å². The summed E-state index contributed by atoms with van der Waals surface area (Å²) in [6.45, 7) is 13.8. The lowest BCUT2D eigenvalue weighted by atomic mass is 9.34. The van der Waals surface area contributed by atoms with Crippen LogP contribution < -0.4 is 5.73 Å². The molecule has 0 amide bonds. The summed E-state index contributed by atoms with van der Waals surface area (Å²) in [6, 6.07) is 15.8. The van der Waals surface area contributed by atoms with Crippen LogP contribution in [0.3, 0.4) is 0 Å². The van der Waals surface area contributed by atoms with Gasteiger partial charge in [0.1, 0.15) is 17.6 Å². The number of ether oxygens (including phenoxy) is 1. The zero-order valence-corrected chi connectivity index (χ0v) is 33.5.